The molecule has 0 radical (unpaired) electrons. The zero-order chi connectivity index (χ0) is 19.7. The zero-order valence-corrected chi connectivity index (χ0v) is 17.3. The van der Waals surface area contributed by atoms with Gasteiger partial charge in [-0.1, -0.05) is 35.4 Å². The first-order valence-corrected chi connectivity index (χ1v) is 11.8. The minimum atomic E-state index is -3.72. The molecule has 0 atom stereocenters. The van der Waals surface area contributed by atoms with Gasteiger partial charge in [-0.05, 0) is 43.7 Å². The van der Waals surface area contributed by atoms with Gasteiger partial charge in [0.15, 0.2) is 0 Å². The summed E-state index contributed by atoms with van der Waals surface area (Å²) in [6.45, 7) is 2.63. The fraction of sp³-hybridized carbons (Fsp3) is 0.333. The Kier molecular flexibility index (Phi) is 5.93. The average Bonchev–Trinajstić information content (AvgIpc) is 2.89. The molecule has 1 fully saturated rings. The molecule has 0 unspecified atom stereocenters. The highest BCUT2D eigenvalue weighted by Gasteiger charge is 2.31. The topological polar surface area (TPSA) is 74.8 Å². The van der Waals surface area contributed by atoms with Gasteiger partial charge in [0.05, 0.1) is 9.79 Å². The average molecular weight is 429 g/mol. The van der Waals surface area contributed by atoms with Crippen LogP contribution in [0.2, 0.25) is 5.02 Å². The van der Waals surface area contributed by atoms with Crippen LogP contribution in [0.4, 0.5) is 0 Å². The van der Waals surface area contributed by atoms with Crippen LogP contribution in [-0.4, -0.2) is 51.6 Å². The molecular weight excluding hydrogens is 408 g/mol. The van der Waals surface area contributed by atoms with Crippen molar-refractivity contribution >= 4 is 31.6 Å². The summed E-state index contributed by atoms with van der Waals surface area (Å²) in [6.07, 6.45) is 0.422. The maximum Gasteiger partial charge on any atom is 0.243 e. The number of aryl methyl sites for hydroxylation is 1. The number of hydrogen-bond acceptors (Lipinski definition) is 4. The van der Waals surface area contributed by atoms with Crippen molar-refractivity contribution in [2.75, 3.05) is 26.2 Å². The molecule has 2 aromatic rings. The number of nitrogens with zero attached hydrogens (tertiary/aromatic N) is 2. The summed E-state index contributed by atoms with van der Waals surface area (Å²) in [5.41, 5.74) is 0.976. The summed E-state index contributed by atoms with van der Waals surface area (Å²) in [4.78, 5) is 0.337. The number of benzene rings is 2. The molecule has 27 heavy (non-hydrogen) atoms. The van der Waals surface area contributed by atoms with Gasteiger partial charge in [-0.3, -0.25) is 0 Å². The second kappa shape index (κ2) is 7.89. The number of hydrogen-bond donors (Lipinski definition) is 0. The van der Waals surface area contributed by atoms with Gasteiger partial charge in [-0.15, -0.1) is 0 Å². The van der Waals surface area contributed by atoms with E-state index in [2.05, 4.69) is 0 Å². The van der Waals surface area contributed by atoms with Gasteiger partial charge >= 0.3 is 0 Å². The Morgan fingerprint density at radius 1 is 0.778 bits per heavy atom. The monoisotopic (exact) mass is 428 g/mol. The Balaban J connectivity index is 1.80. The molecule has 146 valence electrons. The van der Waals surface area contributed by atoms with Crippen LogP contribution in [0.25, 0.3) is 0 Å². The van der Waals surface area contributed by atoms with Crippen LogP contribution in [0.1, 0.15) is 12.0 Å². The molecule has 3 rings (SSSR count). The largest absolute Gasteiger partial charge is 0.243 e. The molecule has 0 amide bonds. The quantitative estimate of drug-likeness (QED) is 0.750. The maximum absolute atomic E-state index is 12.9. The highest BCUT2D eigenvalue weighted by atomic mass is 35.5. The van der Waals surface area contributed by atoms with E-state index in [0.717, 1.165) is 5.56 Å². The summed E-state index contributed by atoms with van der Waals surface area (Å²) in [5.74, 6) is 0. The van der Waals surface area contributed by atoms with Gasteiger partial charge in [-0.25, -0.2) is 16.8 Å². The van der Waals surface area contributed by atoms with Crippen LogP contribution < -0.4 is 0 Å². The second-order valence-electron chi connectivity index (χ2n) is 6.43. The SMILES string of the molecule is Cc1ccc(S(=O)(=O)N2CCCN(S(=O)(=O)c3cccc(Cl)c3)CC2)cc1. The first-order chi connectivity index (χ1) is 12.7. The normalized spacial score (nSPS) is 17.6. The van der Waals surface area contributed by atoms with Crippen molar-refractivity contribution in [3.05, 3.63) is 59.1 Å². The molecule has 1 aliphatic heterocycles. The Labute approximate surface area is 165 Å². The van der Waals surface area contributed by atoms with Crippen molar-refractivity contribution in [1.29, 1.82) is 0 Å². The molecule has 6 nitrogen and oxygen atoms in total. The first kappa shape index (κ1) is 20.3. The molecule has 1 heterocycles. The van der Waals surface area contributed by atoms with E-state index in [1.807, 2.05) is 6.92 Å². The number of sulfonamides is 2. The van der Waals surface area contributed by atoms with Gasteiger partial charge in [0.2, 0.25) is 20.0 Å². The third-order valence-electron chi connectivity index (χ3n) is 4.51. The van der Waals surface area contributed by atoms with E-state index in [1.165, 1.54) is 20.7 Å². The molecule has 1 saturated heterocycles. The smallest absolute Gasteiger partial charge is 0.207 e. The van der Waals surface area contributed by atoms with Gasteiger partial charge < -0.3 is 0 Å². The van der Waals surface area contributed by atoms with Crippen molar-refractivity contribution in [2.24, 2.45) is 0 Å². The maximum atomic E-state index is 12.9. The van der Waals surface area contributed by atoms with Crippen LogP contribution in [0.15, 0.2) is 58.3 Å². The molecule has 0 aliphatic carbocycles. The summed E-state index contributed by atoms with van der Waals surface area (Å²) >= 11 is 5.91. The second-order valence-corrected chi connectivity index (χ2v) is 10.7. The minimum Gasteiger partial charge on any atom is -0.207 e. The van der Waals surface area contributed by atoms with E-state index in [4.69, 9.17) is 11.6 Å². The highest BCUT2D eigenvalue weighted by Crippen LogP contribution is 2.23. The Bertz CT molecular complexity index is 1020. The molecular formula is C18H21ClN2O4S2. The fourth-order valence-corrected chi connectivity index (χ4v) is 6.23. The Hall–Kier alpha value is -1.45. The Morgan fingerprint density at radius 3 is 1.89 bits per heavy atom. The van der Waals surface area contributed by atoms with Gasteiger partial charge in [0.25, 0.3) is 0 Å². The van der Waals surface area contributed by atoms with Crippen LogP contribution in [0.3, 0.4) is 0 Å². The van der Waals surface area contributed by atoms with Crippen molar-refractivity contribution in [3.8, 4) is 0 Å². The lowest BCUT2D eigenvalue weighted by Crippen LogP contribution is -2.37. The molecule has 2 aromatic carbocycles. The lowest BCUT2D eigenvalue weighted by Gasteiger charge is -2.22. The van der Waals surface area contributed by atoms with Crippen LogP contribution in [-0.2, 0) is 20.0 Å². The Morgan fingerprint density at radius 2 is 1.33 bits per heavy atom. The number of rotatable bonds is 4. The third kappa shape index (κ3) is 4.35. The summed E-state index contributed by atoms with van der Waals surface area (Å²) < 4.78 is 54.1. The predicted molar refractivity (Wildman–Crippen MR) is 105 cm³/mol. The minimum absolute atomic E-state index is 0.0972. The summed E-state index contributed by atoms with van der Waals surface area (Å²) in [6, 6.07) is 12.8. The first-order valence-electron chi connectivity index (χ1n) is 8.54. The summed E-state index contributed by atoms with van der Waals surface area (Å²) in [5, 5.41) is 0.342. The van der Waals surface area contributed by atoms with E-state index in [1.54, 1.807) is 36.4 Å². The molecule has 0 N–H and O–H groups in total. The standard InChI is InChI=1S/C18H21ClN2O4S2/c1-15-6-8-17(9-7-15)26(22,23)20-10-3-11-21(13-12-20)27(24,25)18-5-2-4-16(19)14-18/h2,4-9,14H,3,10-13H2,1H3. The van der Waals surface area contributed by atoms with Crippen molar-refractivity contribution in [1.82, 2.24) is 8.61 Å². The van der Waals surface area contributed by atoms with E-state index < -0.39 is 20.0 Å². The van der Waals surface area contributed by atoms with Gasteiger partial charge in [0, 0.05) is 31.2 Å². The number of halogens is 1. The van der Waals surface area contributed by atoms with Crippen molar-refractivity contribution in [3.63, 3.8) is 0 Å². The van der Waals surface area contributed by atoms with Gasteiger partial charge in [-0.2, -0.15) is 8.61 Å². The zero-order valence-electron chi connectivity index (χ0n) is 14.9. The fourth-order valence-electron chi connectivity index (χ4n) is 2.99. The molecule has 0 bridgehead atoms. The van der Waals surface area contributed by atoms with E-state index in [9.17, 15) is 16.8 Å². The third-order valence-corrected chi connectivity index (χ3v) is 8.55. The van der Waals surface area contributed by atoms with Crippen molar-refractivity contribution in [2.45, 2.75) is 23.1 Å². The molecule has 0 aromatic heterocycles. The van der Waals surface area contributed by atoms with Crippen LogP contribution in [0.5, 0.6) is 0 Å². The molecule has 0 spiro atoms. The summed E-state index contributed by atoms with van der Waals surface area (Å²) in [7, 11) is -7.37. The molecule has 1 aliphatic rings. The lowest BCUT2D eigenvalue weighted by atomic mass is 10.2. The van der Waals surface area contributed by atoms with Crippen LogP contribution in [0, 0.1) is 6.92 Å². The lowest BCUT2D eigenvalue weighted by molar-refractivity contribution is 0.404. The predicted octanol–water partition coefficient (Wildman–Crippen LogP) is 2.73. The molecule has 0 saturated carbocycles. The van der Waals surface area contributed by atoms with Crippen molar-refractivity contribution < 1.29 is 16.8 Å². The van der Waals surface area contributed by atoms with E-state index >= 15 is 0 Å². The van der Waals surface area contributed by atoms with Crippen LogP contribution >= 0.6 is 11.6 Å². The van der Waals surface area contributed by atoms with E-state index in [-0.39, 0.29) is 36.0 Å². The van der Waals surface area contributed by atoms with Gasteiger partial charge in [0.1, 0.15) is 0 Å². The molecule has 9 heteroatoms. The highest BCUT2D eigenvalue weighted by molar-refractivity contribution is 7.89. The van der Waals surface area contributed by atoms with E-state index in [0.29, 0.717) is 11.4 Å².